The number of halogens is 3. The van der Waals surface area contributed by atoms with Gasteiger partial charge in [-0.05, 0) is 29.8 Å². The lowest BCUT2D eigenvalue weighted by Gasteiger charge is -2.13. The fourth-order valence-corrected chi connectivity index (χ4v) is 2.89. The van der Waals surface area contributed by atoms with Crippen molar-refractivity contribution in [2.75, 3.05) is 11.6 Å². The molecule has 0 aliphatic rings. The van der Waals surface area contributed by atoms with E-state index in [2.05, 4.69) is 5.32 Å². The number of alkyl halides is 3. The van der Waals surface area contributed by atoms with E-state index in [1.165, 1.54) is 42.5 Å². The summed E-state index contributed by atoms with van der Waals surface area (Å²) < 4.78 is 61.1. The molecule has 0 aliphatic carbocycles. The van der Waals surface area contributed by atoms with Crippen LogP contribution in [0.1, 0.15) is 21.5 Å². The number of carbonyl (C=O) groups is 1. The molecule has 8 heteroatoms. The summed E-state index contributed by atoms with van der Waals surface area (Å²) in [5, 5.41) is 2.22. The Morgan fingerprint density at radius 1 is 1.04 bits per heavy atom. The van der Waals surface area contributed by atoms with Gasteiger partial charge in [-0.1, -0.05) is 24.3 Å². The molecule has 2 aromatic rings. The van der Waals surface area contributed by atoms with Gasteiger partial charge in [0.05, 0.1) is 17.0 Å². The zero-order valence-electron chi connectivity index (χ0n) is 12.6. The van der Waals surface area contributed by atoms with Crippen LogP contribution >= 0.6 is 0 Å². The summed E-state index contributed by atoms with van der Waals surface area (Å²) in [7, 11) is -3.21. The fraction of sp³-hybridized carbons (Fsp3) is 0.188. The third kappa shape index (κ3) is 4.82. The second kappa shape index (κ2) is 6.64. The average Bonchev–Trinajstić information content (AvgIpc) is 2.45. The first-order valence-electron chi connectivity index (χ1n) is 6.80. The highest BCUT2D eigenvalue weighted by atomic mass is 32.2. The van der Waals surface area contributed by atoms with Crippen molar-refractivity contribution in [3.8, 4) is 0 Å². The van der Waals surface area contributed by atoms with Gasteiger partial charge in [0.15, 0.2) is 9.84 Å². The minimum Gasteiger partial charge on any atom is -0.321 e. The lowest BCUT2D eigenvalue weighted by molar-refractivity contribution is -0.136. The van der Waals surface area contributed by atoms with E-state index in [9.17, 15) is 26.4 Å². The molecule has 24 heavy (non-hydrogen) atoms. The molecule has 0 radical (unpaired) electrons. The second-order valence-electron chi connectivity index (χ2n) is 5.26. The number of sulfone groups is 1. The Morgan fingerprint density at radius 3 is 2.17 bits per heavy atom. The van der Waals surface area contributed by atoms with Crippen LogP contribution in [0, 0.1) is 0 Å². The molecule has 0 saturated heterocycles. The normalized spacial score (nSPS) is 12.0. The summed E-state index contributed by atoms with van der Waals surface area (Å²) in [5.41, 5.74) is -0.656. The van der Waals surface area contributed by atoms with E-state index in [0.717, 1.165) is 12.3 Å². The van der Waals surface area contributed by atoms with Crippen molar-refractivity contribution < 1.29 is 26.4 Å². The highest BCUT2D eigenvalue weighted by Gasteiger charge is 2.33. The second-order valence-corrected chi connectivity index (χ2v) is 7.40. The smallest absolute Gasteiger partial charge is 0.321 e. The largest absolute Gasteiger partial charge is 0.418 e. The van der Waals surface area contributed by atoms with Crippen LogP contribution in [-0.4, -0.2) is 20.6 Å². The first-order chi connectivity index (χ1) is 11.1. The van der Waals surface area contributed by atoms with Crippen molar-refractivity contribution in [3.05, 3.63) is 65.2 Å². The maximum Gasteiger partial charge on any atom is 0.418 e. The van der Waals surface area contributed by atoms with Gasteiger partial charge in [0, 0.05) is 11.8 Å². The topological polar surface area (TPSA) is 63.2 Å². The van der Waals surface area contributed by atoms with Gasteiger partial charge in [0.1, 0.15) is 0 Å². The van der Waals surface area contributed by atoms with E-state index in [4.69, 9.17) is 0 Å². The molecule has 2 aromatic carbocycles. The van der Waals surface area contributed by atoms with Gasteiger partial charge in [0.25, 0.3) is 5.91 Å². The summed E-state index contributed by atoms with van der Waals surface area (Å²) in [4.78, 5) is 12.1. The summed E-state index contributed by atoms with van der Waals surface area (Å²) in [6.07, 6.45) is -3.50. The van der Waals surface area contributed by atoms with E-state index in [1.807, 2.05) is 0 Å². The zero-order chi connectivity index (χ0) is 18.0. The predicted octanol–water partition coefficient (Wildman–Crippen LogP) is 3.50. The Balaban J connectivity index is 2.19. The van der Waals surface area contributed by atoms with Crippen LogP contribution in [0.2, 0.25) is 0 Å². The van der Waals surface area contributed by atoms with Gasteiger partial charge in [-0.25, -0.2) is 8.42 Å². The first kappa shape index (κ1) is 18.0. The van der Waals surface area contributed by atoms with Crippen LogP contribution in [-0.2, 0) is 21.8 Å². The molecule has 128 valence electrons. The van der Waals surface area contributed by atoms with Gasteiger partial charge in [-0.15, -0.1) is 0 Å². The quantitative estimate of drug-likeness (QED) is 0.911. The Hall–Kier alpha value is -2.35. The number of para-hydroxylation sites is 1. The number of hydrogen-bond acceptors (Lipinski definition) is 3. The maximum absolute atomic E-state index is 12.9. The number of carbonyl (C=O) groups excluding carboxylic acids is 1. The van der Waals surface area contributed by atoms with E-state index in [1.54, 1.807) is 0 Å². The van der Waals surface area contributed by atoms with Crippen molar-refractivity contribution in [1.29, 1.82) is 0 Å². The lowest BCUT2D eigenvalue weighted by atomic mass is 10.1. The van der Waals surface area contributed by atoms with Gasteiger partial charge in [0.2, 0.25) is 0 Å². The number of nitrogens with one attached hydrogen (secondary N) is 1. The molecular weight excluding hydrogens is 343 g/mol. The van der Waals surface area contributed by atoms with Gasteiger partial charge in [-0.2, -0.15) is 13.2 Å². The molecule has 2 rings (SSSR count). The van der Waals surface area contributed by atoms with Crippen LogP contribution < -0.4 is 5.32 Å². The molecule has 0 spiro atoms. The monoisotopic (exact) mass is 357 g/mol. The molecule has 0 aliphatic heterocycles. The van der Waals surface area contributed by atoms with Crippen molar-refractivity contribution in [3.63, 3.8) is 0 Å². The molecule has 0 atom stereocenters. The Labute approximate surface area is 137 Å². The van der Waals surface area contributed by atoms with Crippen molar-refractivity contribution >= 4 is 21.4 Å². The minimum atomic E-state index is -4.58. The Morgan fingerprint density at radius 2 is 1.62 bits per heavy atom. The standard InChI is InChI=1S/C16H14F3NO3S/c1-24(22,23)10-11-6-8-12(9-7-11)15(21)20-14-5-3-2-4-13(14)16(17,18)19/h2-9H,10H2,1H3,(H,20,21). The maximum atomic E-state index is 12.9. The van der Waals surface area contributed by atoms with Crippen molar-refractivity contribution in [1.82, 2.24) is 0 Å². The van der Waals surface area contributed by atoms with E-state index in [0.29, 0.717) is 5.56 Å². The average molecular weight is 357 g/mol. The Bertz CT molecular complexity index is 844. The molecule has 4 nitrogen and oxygen atoms in total. The van der Waals surface area contributed by atoms with Crippen LogP contribution in [0.5, 0.6) is 0 Å². The van der Waals surface area contributed by atoms with Crippen LogP contribution in [0.15, 0.2) is 48.5 Å². The number of benzene rings is 2. The highest BCUT2D eigenvalue weighted by molar-refractivity contribution is 7.89. The molecule has 0 bridgehead atoms. The van der Waals surface area contributed by atoms with Crippen LogP contribution in [0.4, 0.5) is 18.9 Å². The summed E-state index contributed by atoms with van der Waals surface area (Å²) in [6, 6.07) is 10.3. The number of hydrogen-bond donors (Lipinski definition) is 1. The number of rotatable bonds is 4. The molecule has 1 N–H and O–H groups in total. The SMILES string of the molecule is CS(=O)(=O)Cc1ccc(C(=O)Nc2ccccc2C(F)(F)F)cc1. The zero-order valence-corrected chi connectivity index (χ0v) is 13.4. The molecule has 0 heterocycles. The van der Waals surface area contributed by atoms with Crippen molar-refractivity contribution in [2.45, 2.75) is 11.9 Å². The third-order valence-corrected chi connectivity index (χ3v) is 3.98. The summed E-state index contributed by atoms with van der Waals surface area (Å²) >= 11 is 0. The predicted molar refractivity (Wildman–Crippen MR) is 84.4 cm³/mol. The molecule has 1 amide bonds. The fourth-order valence-electron chi connectivity index (χ4n) is 2.09. The Kier molecular flexibility index (Phi) is 4.98. The first-order valence-corrected chi connectivity index (χ1v) is 8.86. The van der Waals surface area contributed by atoms with Gasteiger partial charge < -0.3 is 5.32 Å². The third-order valence-electron chi connectivity index (χ3n) is 3.13. The molecule has 0 unspecified atom stereocenters. The van der Waals surface area contributed by atoms with Crippen LogP contribution in [0.3, 0.4) is 0 Å². The summed E-state index contributed by atoms with van der Waals surface area (Å²) in [6.45, 7) is 0. The highest BCUT2D eigenvalue weighted by Crippen LogP contribution is 2.34. The van der Waals surface area contributed by atoms with E-state index < -0.39 is 27.5 Å². The van der Waals surface area contributed by atoms with E-state index >= 15 is 0 Å². The summed E-state index contributed by atoms with van der Waals surface area (Å²) in [5.74, 6) is -0.885. The van der Waals surface area contributed by atoms with Gasteiger partial charge >= 0.3 is 6.18 Å². The molecular formula is C16H14F3NO3S. The molecule has 0 saturated carbocycles. The van der Waals surface area contributed by atoms with Crippen molar-refractivity contribution in [2.24, 2.45) is 0 Å². The molecule has 0 aromatic heterocycles. The van der Waals surface area contributed by atoms with Crippen LogP contribution in [0.25, 0.3) is 0 Å². The lowest BCUT2D eigenvalue weighted by Crippen LogP contribution is -2.16. The minimum absolute atomic E-state index is 0.129. The number of anilines is 1. The van der Waals surface area contributed by atoms with E-state index in [-0.39, 0.29) is 17.0 Å². The van der Waals surface area contributed by atoms with Gasteiger partial charge in [-0.3, -0.25) is 4.79 Å². The molecule has 0 fully saturated rings. The number of amides is 1.